The van der Waals surface area contributed by atoms with E-state index in [-0.39, 0.29) is 0 Å². The van der Waals surface area contributed by atoms with Crippen LogP contribution in [-0.2, 0) is 4.74 Å². The van der Waals surface area contributed by atoms with E-state index in [4.69, 9.17) is 10.5 Å². The summed E-state index contributed by atoms with van der Waals surface area (Å²) in [5.74, 6) is 0. The van der Waals surface area contributed by atoms with Gasteiger partial charge < -0.3 is 10.5 Å². The summed E-state index contributed by atoms with van der Waals surface area (Å²) in [6.45, 7) is 0.812. The SMILES string of the molecule is NCCCC1CCC2(CCCC2)O1. The van der Waals surface area contributed by atoms with Crippen LogP contribution in [0.5, 0.6) is 0 Å². The van der Waals surface area contributed by atoms with Gasteiger partial charge in [0.15, 0.2) is 0 Å². The minimum atomic E-state index is 0.319. The van der Waals surface area contributed by atoms with E-state index in [0.29, 0.717) is 11.7 Å². The molecule has 13 heavy (non-hydrogen) atoms. The van der Waals surface area contributed by atoms with Crippen molar-refractivity contribution in [1.29, 1.82) is 0 Å². The maximum atomic E-state index is 6.16. The van der Waals surface area contributed by atoms with Crippen molar-refractivity contribution in [3.8, 4) is 0 Å². The minimum absolute atomic E-state index is 0.319. The van der Waals surface area contributed by atoms with Crippen molar-refractivity contribution in [2.75, 3.05) is 6.54 Å². The number of hydrogen-bond acceptors (Lipinski definition) is 2. The lowest BCUT2D eigenvalue weighted by Crippen LogP contribution is -2.25. The van der Waals surface area contributed by atoms with Crippen molar-refractivity contribution in [3.63, 3.8) is 0 Å². The Balaban J connectivity index is 1.79. The van der Waals surface area contributed by atoms with E-state index in [1.807, 2.05) is 0 Å². The molecule has 0 amide bonds. The Labute approximate surface area is 80.8 Å². The van der Waals surface area contributed by atoms with Gasteiger partial charge in [-0.2, -0.15) is 0 Å². The van der Waals surface area contributed by atoms with Crippen LogP contribution >= 0.6 is 0 Å². The standard InChI is InChI=1S/C11H21NO/c12-9-3-4-10-5-8-11(13-10)6-1-2-7-11/h10H,1-9,12H2. The number of hydrogen-bond donors (Lipinski definition) is 1. The molecule has 0 radical (unpaired) electrons. The summed E-state index contributed by atoms with van der Waals surface area (Å²) >= 11 is 0. The smallest absolute Gasteiger partial charge is 0.0687 e. The van der Waals surface area contributed by atoms with Crippen LogP contribution in [0.1, 0.15) is 51.4 Å². The molecule has 0 bridgehead atoms. The number of ether oxygens (including phenoxy) is 1. The van der Waals surface area contributed by atoms with Gasteiger partial charge in [0.1, 0.15) is 0 Å². The summed E-state index contributed by atoms with van der Waals surface area (Å²) in [6, 6.07) is 0. The first-order valence-corrected chi connectivity index (χ1v) is 5.73. The molecule has 2 aliphatic rings. The highest BCUT2D eigenvalue weighted by atomic mass is 16.5. The molecule has 2 rings (SSSR count). The molecule has 2 nitrogen and oxygen atoms in total. The lowest BCUT2D eigenvalue weighted by atomic mass is 9.98. The van der Waals surface area contributed by atoms with E-state index in [1.165, 1.54) is 44.9 Å². The zero-order valence-electron chi connectivity index (χ0n) is 8.43. The molecule has 1 aliphatic carbocycles. The normalized spacial score (nSPS) is 31.6. The summed E-state index contributed by atoms with van der Waals surface area (Å²) in [7, 11) is 0. The fraction of sp³-hybridized carbons (Fsp3) is 1.00. The Kier molecular flexibility index (Phi) is 2.89. The summed E-state index contributed by atoms with van der Waals surface area (Å²) < 4.78 is 6.16. The van der Waals surface area contributed by atoms with Gasteiger partial charge in [-0.1, -0.05) is 12.8 Å². The van der Waals surface area contributed by atoms with Gasteiger partial charge in [-0.05, 0) is 45.1 Å². The summed E-state index contributed by atoms with van der Waals surface area (Å²) in [5, 5.41) is 0. The van der Waals surface area contributed by atoms with Crippen LogP contribution in [0.3, 0.4) is 0 Å². The van der Waals surface area contributed by atoms with Crippen molar-refractivity contribution in [2.45, 2.75) is 63.1 Å². The molecule has 2 fully saturated rings. The van der Waals surface area contributed by atoms with Gasteiger partial charge in [0.25, 0.3) is 0 Å². The highest BCUT2D eigenvalue weighted by Crippen LogP contribution is 2.44. The molecule has 2 heteroatoms. The summed E-state index contributed by atoms with van der Waals surface area (Å²) in [4.78, 5) is 0. The molecule has 1 aliphatic heterocycles. The number of nitrogens with two attached hydrogens (primary N) is 1. The predicted molar refractivity (Wildman–Crippen MR) is 53.6 cm³/mol. The fourth-order valence-corrected chi connectivity index (χ4v) is 2.83. The predicted octanol–water partition coefficient (Wildman–Crippen LogP) is 2.22. The zero-order valence-corrected chi connectivity index (χ0v) is 8.43. The molecule has 76 valence electrons. The van der Waals surface area contributed by atoms with Crippen LogP contribution in [0.4, 0.5) is 0 Å². The Morgan fingerprint density at radius 2 is 2.00 bits per heavy atom. The molecule has 1 saturated carbocycles. The lowest BCUT2D eigenvalue weighted by molar-refractivity contribution is -0.0391. The maximum Gasteiger partial charge on any atom is 0.0687 e. The quantitative estimate of drug-likeness (QED) is 0.728. The molecular formula is C11H21NO. The molecule has 1 heterocycles. The van der Waals surface area contributed by atoms with E-state index in [1.54, 1.807) is 0 Å². The highest BCUT2D eigenvalue weighted by Gasteiger charge is 2.41. The van der Waals surface area contributed by atoms with Crippen LogP contribution in [-0.4, -0.2) is 18.2 Å². The first-order chi connectivity index (χ1) is 6.35. The Hall–Kier alpha value is -0.0800. The van der Waals surface area contributed by atoms with Gasteiger partial charge in [-0.25, -0.2) is 0 Å². The lowest BCUT2D eigenvalue weighted by Gasteiger charge is -2.23. The van der Waals surface area contributed by atoms with E-state index >= 15 is 0 Å². The third-order valence-corrected chi connectivity index (χ3v) is 3.58. The van der Waals surface area contributed by atoms with Gasteiger partial charge in [0, 0.05) is 0 Å². The molecule has 2 N–H and O–H groups in total. The van der Waals surface area contributed by atoms with E-state index in [0.717, 1.165) is 13.0 Å². The Morgan fingerprint density at radius 1 is 1.23 bits per heavy atom. The van der Waals surface area contributed by atoms with Gasteiger partial charge in [-0.15, -0.1) is 0 Å². The Bertz CT molecular complexity index is 163. The van der Waals surface area contributed by atoms with Crippen molar-refractivity contribution >= 4 is 0 Å². The van der Waals surface area contributed by atoms with Crippen molar-refractivity contribution in [2.24, 2.45) is 5.73 Å². The van der Waals surface area contributed by atoms with Crippen LogP contribution in [0.2, 0.25) is 0 Å². The molecule has 0 aromatic carbocycles. The summed E-state index contributed by atoms with van der Waals surface area (Å²) in [6.07, 6.45) is 10.8. The van der Waals surface area contributed by atoms with Gasteiger partial charge in [0.2, 0.25) is 0 Å². The van der Waals surface area contributed by atoms with Crippen molar-refractivity contribution in [1.82, 2.24) is 0 Å². The van der Waals surface area contributed by atoms with Crippen molar-refractivity contribution < 1.29 is 4.74 Å². The highest BCUT2D eigenvalue weighted by molar-refractivity contribution is 4.92. The molecule has 1 saturated heterocycles. The first kappa shape index (κ1) is 9.47. The van der Waals surface area contributed by atoms with E-state index < -0.39 is 0 Å². The maximum absolute atomic E-state index is 6.16. The molecule has 0 aromatic rings. The molecule has 1 spiro atoms. The number of rotatable bonds is 3. The monoisotopic (exact) mass is 183 g/mol. The minimum Gasteiger partial charge on any atom is -0.372 e. The van der Waals surface area contributed by atoms with Gasteiger partial charge >= 0.3 is 0 Å². The largest absolute Gasteiger partial charge is 0.372 e. The third-order valence-electron chi connectivity index (χ3n) is 3.58. The van der Waals surface area contributed by atoms with Crippen LogP contribution in [0, 0.1) is 0 Å². The molecule has 1 atom stereocenters. The second-order valence-electron chi connectivity index (χ2n) is 4.60. The molecular weight excluding hydrogens is 162 g/mol. The van der Waals surface area contributed by atoms with Crippen LogP contribution in [0.15, 0.2) is 0 Å². The molecule has 0 aromatic heterocycles. The van der Waals surface area contributed by atoms with Gasteiger partial charge in [0.05, 0.1) is 11.7 Å². The third kappa shape index (κ3) is 2.05. The van der Waals surface area contributed by atoms with Gasteiger partial charge in [-0.3, -0.25) is 0 Å². The van der Waals surface area contributed by atoms with Crippen LogP contribution < -0.4 is 5.73 Å². The Morgan fingerprint density at radius 3 is 2.69 bits per heavy atom. The average molecular weight is 183 g/mol. The van der Waals surface area contributed by atoms with E-state index in [2.05, 4.69) is 0 Å². The fourth-order valence-electron chi connectivity index (χ4n) is 2.83. The zero-order chi connectivity index (χ0) is 9.15. The molecule has 1 unspecified atom stereocenters. The second-order valence-corrected chi connectivity index (χ2v) is 4.60. The second kappa shape index (κ2) is 3.97. The topological polar surface area (TPSA) is 35.2 Å². The van der Waals surface area contributed by atoms with Crippen LogP contribution in [0.25, 0.3) is 0 Å². The van der Waals surface area contributed by atoms with Crippen molar-refractivity contribution in [3.05, 3.63) is 0 Å². The first-order valence-electron chi connectivity index (χ1n) is 5.73. The summed E-state index contributed by atoms with van der Waals surface area (Å²) in [5.41, 5.74) is 5.81. The average Bonchev–Trinajstić information content (AvgIpc) is 2.74. The van der Waals surface area contributed by atoms with E-state index in [9.17, 15) is 0 Å².